The first-order valence-electron chi connectivity index (χ1n) is 39.1. The van der Waals surface area contributed by atoms with Crippen molar-refractivity contribution in [2.24, 2.45) is 0 Å². The van der Waals surface area contributed by atoms with Crippen molar-refractivity contribution in [2.45, 2.75) is 242 Å². The molecule has 0 radical (unpaired) electrons. The summed E-state index contributed by atoms with van der Waals surface area (Å²) in [6.07, 6.45) is -17.9. The predicted octanol–water partition coefficient (Wildman–Crippen LogP) is 1.97. The van der Waals surface area contributed by atoms with E-state index in [0.717, 1.165) is 40.6 Å². The first kappa shape index (κ1) is 99.2. The number of hydrogen-bond donors (Lipinski definition) is 15. The quantitative estimate of drug-likeness (QED) is 0.0757. The van der Waals surface area contributed by atoms with Crippen LogP contribution in [0.5, 0.6) is 0 Å². The highest BCUT2D eigenvalue weighted by atomic mass is 16.8. The zero-order valence-electron chi connectivity index (χ0n) is 70.4. The summed E-state index contributed by atoms with van der Waals surface area (Å²) in [5.41, 5.74) is 7.39. The molecule has 0 aliphatic carbocycles. The van der Waals surface area contributed by atoms with Gasteiger partial charge in [0, 0.05) is 51.0 Å². The Morgan fingerprint density at radius 1 is 0.504 bits per heavy atom. The van der Waals surface area contributed by atoms with Crippen LogP contribution >= 0.6 is 0 Å². The van der Waals surface area contributed by atoms with Gasteiger partial charge in [0.1, 0.15) is 85.9 Å². The van der Waals surface area contributed by atoms with Gasteiger partial charge in [-0.1, -0.05) is 91.6 Å². The highest BCUT2D eigenvalue weighted by molar-refractivity contribution is 6.00. The monoisotopic (exact) mass is 1690 g/mol. The number of nitrogens with zero attached hydrogens (tertiary/aromatic N) is 3. The topological polar surface area (TPSA) is 513 Å². The molecule has 14 rings (SSSR count). The van der Waals surface area contributed by atoms with E-state index in [-0.39, 0.29) is 64.8 Å². The Labute approximate surface area is 692 Å². The van der Waals surface area contributed by atoms with E-state index in [2.05, 4.69) is 55.3 Å². The van der Waals surface area contributed by atoms with Crippen LogP contribution in [0.15, 0.2) is 97.1 Å². The molecule has 2 amide bonds. The number of rotatable bonds is 15. The van der Waals surface area contributed by atoms with E-state index in [1.54, 1.807) is 41.5 Å². The fraction of sp³-hybridized carbons (Fsp3) is 0.654. The van der Waals surface area contributed by atoms with Crippen molar-refractivity contribution >= 4 is 46.7 Å². The average Bonchev–Trinajstić information content (AvgIpc) is 1.59. The lowest BCUT2D eigenvalue weighted by atomic mass is 9.97. The third-order valence-corrected chi connectivity index (χ3v) is 20.3. The first-order valence-corrected chi connectivity index (χ1v) is 39.1. The number of aliphatic hydroxyl groups is 12. The molecule has 4 aromatic rings. The van der Waals surface area contributed by atoms with Crippen LogP contribution in [0.1, 0.15) is 91.5 Å². The highest BCUT2D eigenvalue weighted by Crippen LogP contribution is 2.44. The van der Waals surface area contributed by atoms with Crippen LogP contribution in [0.3, 0.4) is 0 Å². The highest BCUT2D eigenvalue weighted by Gasteiger charge is 2.65. The molecule has 0 bridgehead atoms. The number of carboxylic acid groups (broad SMARTS) is 1. The van der Waals surface area contributed by atoms with Crippen LogP contribution in [0, 0.1) is 27.7 Å². The SMILES string of the molecule is CC(=O)O.CCN(CC)CC.COC(OC)OC.Cc1ccc(N2C[C@]3(OC[C@H]4OC(C)(C)OC4C3=O)OC2=O)cc1.Cc1ccc(N2C[C@]3(OC[C@H]4OC(C)(C)OC4[C@@H]3O)OC2=O)cc1.Cc1ccc(NC[C@@]2(O)OC[C@@H](O)[C@@H](O)[C@@H]2O)cc1.Cc1ccc(NC[C@@]2(O)OC[C@H]3OC(C)(C)OC3[C@@H]2O)cc1.OC[C@H]1OC(O)[C@H](O)[C@@H](O)[C@@H]1O. The van der Waals surface area contributed by atoms with Crippen molar-refractivity contribution in [1.82, 2.24) is 4.90 Å². The van der Waals surface area contributed by atoms with E-state index in [0.29, 0.717) is 11.4 Å². The summed E-state index contributed by atoms with van der Waals surface area (Å²) in [7, 11) is 4.53. The third kappa shape index (κ3) is 26.1. The van der Waals surface area contributed by atoms with Crippen molar-refractivity contribution in [1.29, 1.82) is 0 Å². The number of Topliss-reactive ketones (excluding diaryl/α,β-unsaturated/α-hetero) is 1. The normalized spacial score (nSPS) is 33.4. The second-order valence-corrected chi connectivity index (χ2v) is 31.0. The minimum atomic E-state index is -1.93. The summed E-state index contributed by atoms with van der Waals surface area (Å²) in [6.45, 7) is 29.0. The number of ketones is 1. The molecular weight excluding hydrogens is 1570 g/mol. The number of benzene rings is 4. The maximum Gasteiger partial charge on any atom is 0.417 e. The van der Waals surface area contributed by atoms with E-state index in [9.17, 15) is 50.1 Å². The second kappa shape index (κ2) is 42.9. The lowest BCUT2D eigenvalue weighted by Crippen LogP contribution is -2.63. The van der Waals surface area contributed by atoms with E-state index < -0.39 is 163 Å². The van der Waals surface area contributed by atoms with Crippen LogP contribution in [-0.2, 0) is 85.4 Å². The van der Waals surface area contributed by atoms with Gasteiger partial charge in [0.25, 0.3) is 24.0 Å². The maximum atomic E-state index is 12.9. The Balaban J connectivity index is 0.000000197. The summed E-state index contributed by atoms with van der Waals surface area (Å²) in [5, 5.41) is 129. The zero-order valence-corrected chi connectivity index (χ0v) is 70.4. The van der Waals surface area contributed by atoms with Crippen LogP contribution < -0.4 is 20.4 Å². The lowest BCUT2D eigenvalue weighted by molar-refractivity contribution is -0.313. The van der Waals surface area contributed by atoms with Gasteiger partial charge in [0.2, 0.25) is 17.4 Å². The van der Waals surface area contributed by atoms with Gasteiger partial charge in [-0.3, -0.25) is 19.4 Å². The number of amides is 2. The van der Waals surface area contributed by atoms with Gasteiger partial charge in [-0.05, 0) is 137 Å². The van der Waals surface area contributed by atoms with E-state index in [4.69, 9.17) is 92.3 Å². The number of carbonyl (C=O) groups excluding carboxylic acids is 3. The van der Waals surface area contributed by atoms with E-state index in [1.165, 1.54) is 50.8 Å². The van der Waals surface area contributed by atoms with Gasteiger partial charge < -0.3 is 158 Å². The van der Waals surface area contributed by atoms with Gasteiger partial charge in [0.05, 0.1) is 52.7 Å². The third-order valence-electron chi connectivity index (χ3n) is 20.3. The lowest BCUT2D eigenvalue weighted by Gasteiger charge is -2.41. The molecule has 10 heterocycles. The van der Waals surface area contributed by atoms with Gasteiger partial charge in [-0.2, -0.15) is 0 Å². The molecule has 10 saturated heterocycles. The van der Waals surface area contributed by atoms with Crippen molar-refractivity contribution < 1.29 is 161 Å². The molecule has 15 N–H and O–H groups in total. The largest absolute Gasteiger partial charge is 0.481 e. The number of aryl methyl sites for hydroxylation is 4. The molecular formula is C81H123N5O33. The molecule has 4 unspecified atom stereocenters. The smallest absolute Gasteiger partial charge is 0.417 e. The number of aliphatic hydroxyl groups excluding tert-OH is 10. The van der Waals surface area contributed by atoms with E-state index >= 15 is 0 Å². The van der Waals surface area contributed by atoms with Gasteiger partial charge in [0.15, 0.2) is 35.9 Å². The Kier molecular flexibility index (Phi) is 35.8. The number of hydrogen-bond acceptors (Lipinski definition) is 35. The molecule has 2 spiro atoms. The Morgan fingerprint density at radius 3 is 1.34 bits per heavy atom. The van der Waals surface area contributed by atoms with Gasteiger partial charge >= 0.3 is 12.2 Å². The van der Waals surface area contributed by atoms with E-state index in [1.807, 2.05) is 125 Å². The molecule has 38 nitrogen and oxygen atoms in total. The van der Waals surface area contributed by atoms with Crippen molar-refractivity contribution in [3.05, 3.63) is 119 Å². The maximum absolute atomic E-state index is 12.9. The molecule has 0 saturated carbocycles. The van der Waals surface area contributed by atoms with Gasteiger partial charge in [-0.25, -0.2) is 9.59 Å². The molecule has 10 aliphatic rings. The Bertz CT molecular complexity index is 3780. The summed E-state index contributed by atoms with van der Waals surface area (Å²) < 4.78 is 85.3. The average molecular weight is 1690 g/mol. The number of ether oxygens (including phenoxy) is 16. The number of aliphatic carboxylic acids is 1. The first-order chi connectivity index (χ1) is 55.8. The predicted molar refractivity (Wildman–Crippen MR) is 423 cm³/mol. The second-order valence-electron chi connectivity index (χ2n) is 31.0. The van der Waals surface area contributed by atoms with Crippen LogP contribution in [0.4, 0.5) is 32.3 Å². The van der Waals surface area contributed by atoms with Crippen LogP contribution in [-0.4, -0.2) is 340 Å². The minimum Gasteiger partial charge on any atom is -0.481 e. The number of carboxylic acids is 1. The Morgan fingerprint density at radius 2 is 0.899 bits per heavy atom. The number of anilines is 4. The Hall–Kier alpha value is -6.92. The van der Waals surface area contributed by atoms with Crippen molar-refractivity contribution in [3.8, 4) is 0 Å². The molecule has 0 aromatic heterocycles. The summed E-state index contributed by atoms with van der Waals surface area (Å²) in [6, 6.07) is 30.2. The molecule has 10 fully saturated rings. The number of fused-ring (bicyclic) bond motifs is 3. The summed E-state index contributed by atoms with van der Waals surface area (Å²) in [5.74, 6) is -10.4. The van der Waals surface area contributed by atoms with Crippen molar-refractivity contribution in [2.75, 3.05) is 121 Å². The fourth-order valence-electron chi connectivity index (χ4n) is 13.7. The molecule has 670 valence electrons. The van der Waals surface area contributed by atoms with Crippen molar-refractivity contribution in [3.63, 3.8) is 0 Å². The minimum absolute atomic E-state index is 0.000730. The molecule has 4 aromatic carbocycles. The molecule has 20 atom stereocenters. The summed E-state index contributed by atoms with van der Waals surface area (Å²) >= 11 is 0. The fourth-order valence-corrected chi connectivity index (χ4v) is 13.7. The standard InChI is InChI=1S/C17H21NO6.C17H19NO6.C16H23NO5.C13H19NO5.C6H15N.C6H12O6.C4H10O3.C2H4O2/c2*1-10-4-6-11(7-5-10)18-9-17(24-15(18)20)14(19)13-12(8-21-17)22-16(2,3)23-13;1-10-4-6-11(7-5-10)17-9-16(19)14(18)13-12(8-20-16)21-15(2,3)22-13;1-8-2-4-9(5-3-8)14-7-13(18)12(17)11(16)10(15)6-19-13;1-4-7(5-2)6-3;7-1-2-3(8)4(9)5(10)6(11)12-2;1-5-4(6-2)7-3;1-2(3)4/h4-7,12-14,19H,8-9H2,1-3H3;4-7,12-13H,8-9H2,1-3H3;4-7,12-14,17-19H,8-9H2,1-3H3;2-5,10-12,14-18H,6-7H2,1H3;4-6H2,1-3H3;2-11H,1H2;4H,1-3H3;1H3,(H,3,4)/t12-,13?,14+,17+;12-,13?,17+;12-,13?,14+,16-;10-,11-,12+,13-;;2-,3-,4+,5-,6?;;/m1111.1../s1. The summed E-state index contributed by atoms with van der Waals surface area (Å²) in [4.78, 5) is 51.7. The number of methoxy groups -OCH3 is 3. The molecule has 119 heavy (non-hydrogen) atoms. The zero-order chi connectivity index (χ0) is 88.5. The molecule has 10 aliphatic heterocycles. The van der Waals surface area contributed by atoms with Gasteiger partial charge in [-0.15, -0.1) is 0 Å². The van der Waals surface area contributed by atoms with Crippen LogP contribution in [0.25, 0.3) is 0 Å². The molecule has 38 heteroatoms. The van der Waals surface area contributed by atoms with Crippen LogP contribution in [0.2, 0.25) is 0 Å². The number of carbonyl (C=O) groups is 4. The number of nitrogens with one attached hydrogen (secondary N) is 2.